The Morgan fingerprint density at radius 3 is 2.27 bits per heavy atom. The lowest BCUT2D eigenvalue weighted by Gasteiger charge is -2.28. The first-order valence-electron chi connectivity index (χ1n) is 5.65. The number of nitrogens with zero attached hydrogens (tertiary/aromatic N) is 1. The zero-order chi connectivity index (χ0) is 10.7. The van der Waals surface area contributed by atoms with E-state index in [4.69, 9.17) is 0 Å². The van der Waals surface area contributed by atoms with Gasteiger partial charge in [-0.25, -0.2) is 0 Å². The van der Waals surface area contributed by atoms with E-state index in [2.05, 4.69) is 36.1 Å². The standard InChI is InChI=1S/C13H17NO/c1-2-11-3-5-12(6-4-11)14-9-7-13(15)8-10-14/h3-6H,2,7-10H2,1H3. The molecule has 2 rings (SSSR count). The Balaban J connectivity index is 2.06. The van der Waals surface area contributed by atoms with Gasteiger partial charge >= 0.3 is 0 Å². The summed E-state index contributed by atoms with van der Waals surface area (Å²) in [6.07, 6.45) is 2.49. The molecule has 0 spiro atoms. The average molecular weight is 203 g/mol. The van der Waals surface area contributed by atoms with E-state index >= 15 is 0 Å². The van der Waals surface area contributed by atoms with Gasteiger partial charge in [-0.3, -0.25) is 4.79 Å². The lowest BCUT2D eigenvalue weighted by Crippen LogP contribution is -2.33. The monoisotopic (exact) mass is 203 g/mol. The molecule has 1 aromatic carbocycles. The highest BCUT2D eigenvalue weighted by Crippen LogP contribution is 2.19. The Morgan fingerprint density at radius 2 is 1.73 bits per heavy atom. The summed E-state index contributed by atoms with van der Waals surface area (Å²) < 4.78 is 0. The number of carbonyl (C=O) groups excluding carboxylic acids is 1. The number of hydrogen-bond donors (Lipinski definition) is 0. The summed E-state index contributed by atoms with van der Waals surface area (Å²) in [4.78, 5) is 13.4. The van der Waals surface area contributed by atoms with Crippen molar-refractivity contribution in [1.29, 1.82) is 0 Å². The number of Topliss-reactive ketones (excluding diaryl/α,β-unsaturated/α-hetero) is 1. The van der Waals surface area contributed by atoms with Gasteiger partial charge < -0.3 is 4.90 Å². The maximum Gasteiger partial charge on any atom is 0.136 e. The molecule has 2 heteroatoms. The van der Waals surface area contributed by atoms with Crippen LogP contribution >= 0.6 is 0 Å². The van der Waals surface area contributed by atoms with E-state index in [-0.39, 0.29) is 0 Å². The van der Waals surface area contributed by atoms with Crippen LogP contribution in [0.2, 0.25) is 0 Å². The molecule has 2 nitrogen and oxygen atoms in total. The van der Waals surface area contributed by atoms with Gasteiger partial charge in [0.1, 0.15) is 5.78 Å². The van der Waals surface area contributed by atoms with Crippen LogP contribution in [0.5, 0.6) is 0 Å². The normalized spacial score (nSPS) is 16.9. The van der Waals surface area contributed by atoms with Crippen LogP contribution in [0.3, 0.4) is 0 Å². The summed E-state index contributed by atoms with van der Waals surface area (Å²) in [5, 5.41) is 0. The molecule has 0 aromatic heterocycles. The Hall–Kier alpha value is -1.31. The average Bonchev–Trinajstić information content (AvgIpc) is 2.30. The Bertz CT molecular complexity index is 332. The highest BCUT2D eigenvalue weighted by atomic mass is 16.1. The van der Waals surface area contributed by atoms with Gasteiger partial charge in [-0.1, -0.05) is 19.1 Å². The number of benzene rings is 1. The zero-order valence-electron chi connectivity index (χ0n) is 9.20. The van der Waals surface area contributed by atoms with Crippen LogP contribution in [0, 0.1) is 0 Å². The zero-order valence-corrected chi connectivity index (χ0v) is 9.20. The number of hydrogen-bond acceptors (Lipinski definition) is 2. The topological polar surface area (TPSA) is 20.3 Å². The molecule has 0 unspecified atom stereocenters. The minimum Gasteiger partial charge on any atom is -0.371 e. The van der Waals surface area contributed by atoms with Crippen molar-refractivity contribution in [3.05, 3.63) is 29.8 Å². The van der Waals surface area contributed by atoms with Crippen LogP contribution in [0.25, 0.3) is 0 Å². The van der Waals surface area contributed by atoms with Crippen molar-refractivity contribution in [2.45, 2.75) is 26.2 Å². The van der Waals surface area contributed by atoms with Crippen molar-refractivity contribution < 1.29 is 4.79 Å². The number of anilines is 1. The van der Waals surface area contributed by atoms with Crippen LogP contribution in [0.4, 0.5) is 5.69 Å². The predicted molar refractivity (Wildman–Crippen MR) is 62.3 cm³/mol. The number of ketones is 1. The lowest BCUT2D eigenvalue weighted by atomic mass is 10.1. The van der Waals surface area contributed by atoms with Gasteiger partial charge in [0.15, 0.2) is 0 Å². The number of rotatable bonds is 2. The van der Waals surface area contributed by atoms with Crippen molar-refractivity contribution in [2.24, 2.45) is 0 Å². The first-order chi connectivity index (χ1) is 7.29. The third kappa shape index (κ3) is 2.38. The second kappa shape index (κ2) is 4.47. The predicted octanol–water partition coefficient (Wildman–Crippen LogP) is 2.42. The van der Waals surface area contributed by atoms with E-state index < -0.39 is 0 Å². The van der Waals surface area contributed by atoms with Crippen LogP contribution in [0.15, 0.2) is 24.3 Å². The summed E-state index contributed by atoms with van der Waals surface area (Å²) in [5.41, 5.74) is 2.62. The van der Waals surface area contributed by atoms with E-state index in [9.17, 15) is 4.79 Å². The summed E-state index contributed by atoms with van der Waals surface area (Å²) in [5.74, 6) is 0.399. The summed E-state index contributed by atoms with van der Waals surface area (Å²) in [7, 11) is 0. The third-order valence-electron chi connectivity index (χ3n) is 3.03. The molecule has 0 saturated carbocycles. The SMILES string of the molecule is CCc1ccc(N2CCC(=O)CC2)cc1. The fourth-order valence-electron chi connectivity index (χ4n) is 1.96. The molecular weight excluding hydrogens is 186 g/mol. The molecule has 1 fully saturated rings. The minimum atomic E-state index is 0.399. The maximum absolute atomic E-state index is 11.1. The third-order valence-corrected chi connectivity index (χ3v) is 3.03. The maximum atomic E-state index is 11.1. The molecule has 0 radical (unpaired) electrons. The van der Waals surface area contributed by atoms with Crippen LogP contribution < -0.4 is 4.90 Å². The molecule has 1 aliphatic heterocycles. The van der Waals surface area contributed by atoms with Gasteiger partial charge in [0, 0.05) is 31.6 Å². The summed E-state index contributed by atoms with van der Waals surface area (Å²) in [6.45, 7) is 3.92. The first-order valence-corrected chi connectivity index (χ1v) is 5.65. The summed E-state index contributed by atoms with van der Waals surface area (Å²) in [6, 6.07) is 8.67. The minimum absolute atomic E-state index is 0.399. The van der Waals surface area contributed by atoms with Crippen LogP contribution in [-0.2, 0) is 11.2 Å². The summed E-state index contributed by atoms with van der Waals surface area (Å²) >= 11 is 0. The molecule has 1 heterocycles. The van der Waals surface area contributed by atoms with E-state index in [0.717, 1.165) is 19.5 Å². The molecule has 0 N–H and O–H groups in total. The van der Waals surface area contributed by atoms with Crippen LogP contribution in [-0.4, -0.2) is 18.9 Å². The highest BCUT2D eigenvalue weighted by Gasteiger charge is 2.15. The van der Waals surface area contributed by atoms with Gasteiger partial charge in [0.25, 0.3) is 0 Å². The van der Waals surface area contributed by atoms with Gasteiger partial charge in [-0.05, 0) is 24.1 Å². The molecule has 80 valence electrons. The molecule has 0 amide bonds. The molecule has 1 aromatic rings. The number of carbonyl (C=O) groups is 1. The quantitative estimate of drug-likeness (QED) is 0.735. The fraction of sp³-hybridized carbons (Fsp3) is 0.462. The van der Waals surface area contributed by atoms with E-state index in [1.54, 1.807) is 0 Å². The van der Waals surface area contributed by atoms with Crippen molar-refractivity contribution in [3.8, 4) is 0 Å². The Kier molecular flexibility index (Phi) is 3.05. The molecule has 0 aliphatic carbocycles. The Morgan fingerprint density at radius 1 is 1.13 bits per heavy atom. The molecule has 1 saturated heterocycles. The second-order valence-electron chi connectivity index (χ2n) is 4.05. The lowest BCUT2D eigenvalue weighted by molar-refractivity contribution is -0.119. The smallest absolute Gasteiger partial charge is 0.136 e. The first kappa shape index (κ1) is 10.2. The van der Waals surface area contributed by atoms with Gasteiger partial charge in [0.05, 0.1) is 0 Å². The highest BCUT2D eigenvalue weighted by molar-refractivity contribution is 5.81. The van der Waals surface area contributed by atoms with E-state index in [1.807, 2.05) is 0 Å². The van der Waals surface area contributed by atoms with Gasteiger partial charge in [-0.2, -0.15) is 0 Å². The van der Waals surface area contributed by atoms with E-state index in [1.165, 1.54) is 11.3 Å². The largest absolute Gasteiger partial charge is 0.371 e. The second-order valence-corrected chi connectivity index (χ2v) is 4.05. The molecule has 15 heavy (non-hydrogen) atoms. The molecular formula is C13H17NO. The number of piperidine rings is 1. The van der Waals surface area contributed by atoms with Gasteiger partial charge in [0.2, 0.25) is 0 Å². The molecule has 0 bridgehead atoms. The van der Waals surface area contributed by atoms with Crippen LogP contribution in [0.1, 0.15) is 25.3 Å². The Labute approximate surface area is 90.9 Å². The fourth-order valence-corrected chi connectivity index (χ4v) is 1.96. The molecule has 0 atom stereocenters. The van der Waals surface area contributed by atoms with Crippen molar-refractivity contribution >= 4 is 11.5 Å². The van der Waals surface area contributed by atoms with Crippen molar-refractivity contribution in [1.82, 2.24) is 0 Å². The molecule has 1 aliphatic rings. The van der Waals surface area contributed by atoms with Gasteiger partial charge in [-0.15, -0.1) is 0 Å². The number of aryl methyl sites for hydroxylation is 1. The van der Waals surface area contributed by atoms with Crippen molar-refractivity contribution in [2.75, 3.05) is 18.0 Å². The van der Waals surface area contributed by atoms with E-state index in [0.29, 0.717) is 18.6 Å². The van der Waals surface area contributed by atoms with Crippen molar-refractivity contribution in [3.63, 3.8) is 0 Å².